The van der Waals surface area contributed by atoms with Crippen LogP contribution in [0.25, 0.3) is 6.08 Å². The summed E-state index contributed by atoms with van der Waals surface area (Å²) in [5, 5.41) is 8.29. The van der Waals surface area contributed by atoms with Crippen LogP contribution in [0, 0.1) is 0 Å². The van der Waals surface area contributed by atoms with Crippen molar-refractivity contribution in [3.05, 3.63) is 42.0 Å². The van der Waals surface area contributed by atoms with Crippen molar-refractivity contribution in [2.24, 2.45) is 0 Å². The van der Waals surface area contributed by atoms with Crippen molar-refractivity contribution >= 4 is 12.0 Å². The van der Waals surface area contributed by atoms with Crippen LogP contribution in [0.5, 0.6) is 0 Å². The Balaban J connectivity index is 0. The second-order valence-electron chi connectivity index (χ2n) is 2.08. The smallest absolute Gasteiger partial charge is 1.00 e. The van der Waals surface area contributed by atoms with Crippen LogP contribution < -0.4 is 58.2 Å². The Kier molecular flexibility index (Phi) is 6.85. The molecule has 0 aliphatic heterocycles. The van der Waals surface area contributed by atoms with Crippen molar-refractivity contribution in [3.63, 3.8) is 0 Å². The molecule has 1 rings (SSSR count). The summed E-state index contributed by atoms with van der Waals surface area (Å²) < 4.78 is 0. The van der Waals surface area contributed by atoms with Crippen molar-refractivity contribution in [2.45, 2.75) is 0 Å². The van der Waals surface area contributed by atoms with Gasteiger partial charge in [-0.2, -0.15) is 0 Å². The zero-order valence-corrected chi connectivity index (χ0v) is 11.8. The number of carbonyl (C=O) groups is 1. The summed E-state index contributed by atoms with van der Waals surface area (Å²) in [7, 11) is 0. The molecule has 0 aliphatic rings. The molecular weight excluding hydrogens is 226 g/mol. The minimum atomic E-state index is -0.922. The number of hydrogen-bond donors (Lipinski definition) is 1. The fourth-order valence-corrected chi connectivity index (χ4v) is 0.732. The molecule has 0 aromatic heterocycles. The third-order valence-corrected chi connectivity index (χ3v) is 1.22. The van der Waals surface area contributed by atoms with Crippen LogP contribution in [0.3, 0.4) is 0 Å². The molecule has 58 valence electrons. The molecule has 1 N–H and O–H groups in total. The fraction of sp³-hybridized carbons (Fsp3) is 0. The number of aliphatic carboxylic acids is 1. The van der Waals surface area contributed by atoms with Gasteiger partial charge in [0.25, 0.3) is 0 Å². The minimum absolute atomic E-state index is 0. The number of benzene rings is 1. The van der Waals surface area contributed by atoms with E-state index in [-0.39, 0.29) is 59.6 Å². The molecule has 0 aliphatic carbocycles. The zero-order chi connectivity index (χ0) is 8.10. The number of hydrogen-bond acceptors (Lipinski definition) is 1. The van der Waals surface area contributed by atoms with Gasteiger partial charge in [0.1, 0.15) is 0 Å². The number of carboxylic acids is 1. The molecule has 1 aromatic carbocycles. The molecule has 0 bridgehead atoms. The summed E-state index contributed by atoms with van der Waals surface area (Å²) in [6.45, 7) is 0. The van der Waals surface area contributed by atoms with E-state index < -0.39 is 5.97 Å². The van der Waals surface area contributed by atoms with Gasteiger partial charge in [-0.1, -0.05) is 30.3 Å². The summed E-state index contributed by atoms with van der Waals surface area (Å²) >= 11 is 0. The molecule has 0 radical (unpaired) electrons. The van der Waals surface area contributed by atoms with E-state index in [2.05, 4.69) is 0 Å². The average molecular weight is 235 g/mol. The van der Waals surface area contributed by atoms with E-state index in [0.717, 1.165) is 11.6 Å². The third kappa shape index (κ3) is 4.98. The van der Waals surface area contributed by atoms with E-state index in [1.54, 1.807) is 6.08 Å². The van der Waals surface area contributed by atoms with Gasteiger partial charge < -0.3 is 6.53 Å². The molecule has 0 atom stereocenters. The second kappa shape index (κ2) is 6.72. The first kappa shape index (κ1) is 12.2. The van der Waals surface area contributed by atoms with Crippen LogP contribution in [0.4, 0.5) is 0 Å². The summed E-state index contributed by atoms with van der Waals surface area (Å²) in [5.41, 5.74) is 0.898. The summed E-state index contributed by atoms with van der Waals surface area (Å²) in [6.07, 6.45) is 2.68. The Morgan fingerprint density at radius 2 is 1.92 bits per heavy atom. The monoisotopic (exact) mass is 234 g/mol. The average Bonchev–Trinajstić information content (AvgIpc) is 2.03. The zero-order valence-electron chi connectivity index (χ0n) is 7.90. The number of carboxylic acid groups (broad SMARTS) is 1. The Labute approximate surface area is 122 Å². The van der Waals surface area contributed by atoms with Gasteiger partial charge >= 0.3 is 64.2 Å². The Hall–Kier alpha value is 0.235. The van der Waals surface area contributed by atoms with Crippen LogP contribution in [0.1, 0.15) is 6.99 Å². The molecule has 12 heavy (non-hydrogen) atoms. The maximum absolute atomic E-state index is 10.1. The first-order valence-corrected chi connectivity index (χ1v) is 3.25. The van der Waals surface area contributed by atoms with Gasteiger partial charge in [0.05, 0.1) is 0 Å². The van der Waals surface area contributed by atoms with Crippen molar-refractivity contribution in [1.29, 1.82) is 0 Å². The van der Waals surface area contributed by atoms with Gasteiger partial charge in [-0.3, -0.25) is 0 Å². The van der Waals surface area contributed by atoms with Crippen molar-refractivity contribution in [3.8, 4) is 0 Å². The van der Waals surface area contributed by atoms with Gasteiger partial charge in [-0.25, -0.2) is 4.79 Å². The van der Waals surface area contributed by atoms with Crippen LogP contribution in [0.2, 0.25) is 0 Å². The molecule has 0 heterocycles. The maximum Gasteiger partial charge on any atom is 1.00 e. The molecule has 0 saturated heterocycles. The fourth-order valence-electron chi connectivity index (χ4n) is 0.732. The summed E-state index contributed by atoms with van der Waals surface area (Å²) in [5.74, 6) is -0.922. The minimum Gasteiger partial charge on any atom is -1.00 e. The van der Waals surface area contributed by atoms with E-state index in [1.807, 2.05) is 30.3 Å². The van der Waals surface area contributed by atoms with Crippen LogP contribution in [-0.4, -0.2) is 11.1 Å². The molecular formula is C9H9O2Rb. The SMILES string of the molecule is O=C(O)/C=C/c1ccccc1.[H-].[Rb+]. The van der Waals surface area contributed by atoms with E-state index in [1.165, 1.54) is 0 Å². The normalized spacial score (nSPS) is 9.33. The molecule has 0 unspecified atom stereocenters. The van der Waals surface area contributed by atoms with Crippen molar-refractivity contribution in [2.75, 3.05) is 0 Å². The third-order valence-electron chi connectivity index (χ3n) is 1.22. The maximum atomic E-state index is 10.1. The summed E-state index contributed by atoms with van der Waals surface area (Å²) in [6, 6.07) is 9.31. The van der Waals surface area contributed by atoms with Gasteiger partial charge in [-0.05, 0) is 11.6 Å². The molecule has 0 fully saturated rings. The first-order chi connectivity index (χ1) is 5.29. The van der Waals surface area contributed by atoms with Crippen LogP contribution in [0.15, 0.2) is 36.4 Å². The Morgan fingerprint density at radius 1 is 1.33 bits per heavy atom. The molecule has 1 aromatic rings. The van der Waals surface area contributed by atoms with Crippen LogP contribution >= 0.6 is 0 Å². The van der Waals surface area contributed by atoms with Gasteiger partial charge in [0.2, 0.25) is 0 Å². The molecule has 0 amide bonds. The first-order valence-electron chi connectivity index (χ1n) is 3.25. The van der Waals surface area contributed by atoms with E-state index in [4.69, 9.17) is 5.11 Å². The Bertz CT molecular complexity index is 272. The molecule has 0 spiro atoms. The van der Waals surface area contributed by atoms with E-state index in [0.29, 0.717) is 0 Å². The topological polar surface area (TPSA) is 37.3 Å². The van der Waals surface area contributed by atoms with E-state index in [9.17, 15) is 4.79 Å². The van der Waals surface area contributed by atoms with E-state index >= 15 is 0 Å². The quantitative estimate of drug-likeness (QED) is 0.660. The standard InChI is InChI=1S/C9H8O2.Rb.H/c10-9(11)7-6-8-4-2-1-3-5-8;;/h1-7H,(H,10,11);;/q;+1;-1/b7-6+;;. The molecule has 2 nitrogen and oxygen atoms in total. The van der Waals surface area contributed by atoms with Crippen molar-refractivity contribution in [1.82, 2.24) is 0 Å². The van der Waals surface area contributed by atoms with Gasteiger partial charge in [0.15, 0.2) is 0 Å². The summed E-state index contributed by atoms with van der Waals surface area (Å²) in [4.78, 5) is 10.1. The molecule has 0 saturated carbocycles. The van der Waals surface area contributed by atoms with Crippen molar-refractivity contribution < 1.29 is 69.5 Å². The van der Waals surface area contributed by atoms with Gasteiger partial charge in [0, 0.05) is 6.08 Å². The molecule has 3 heteroatoms. The van der Waals surface area contributed by atoms with Gasteiger partial charge in [-0.15, -0.1) is 0 Å². The second-order valence-corrected chi connectivity index (χ2v) is 2.08. The predicted octanol–water partition coefficient (Wildman–Crippen LogP) is -1.10. The number of rotatable bonds is 2. The predicted molar refractivity (Wildman–Crippen MR) is 44.2 cm³/mol. The largest absolute Gasteiger partial charge is 1.00 e. The van der Waals surface area contributed by atoms with Crippen LogP contribution in [-0.2, 0) is 4.79 Å². The Morgan fingerprint density at radius 3 is 2.42 bits per heavy atom.